The lowest BCUT2D eigenvalue weighted by atomic mass is 9.68. The fourth-order valence-electron chi connectivity index (χ4n) is 4.95. The minimum Gasteiger partial charge on any atom is -0.388 e. The van der Waals surface area contributed by atoms with Crippen molar-refractivity contribution < 1.29 is 5.11 Å². The average Bonchev–Trinajstić information content (AvgIpc) is 2.68. The number of hydrogen-bond donors (Lipinski definition) is 1. The summed E-state index contributed by atoms with van der Waals surface area (Å²) in [4.78, 5) is 0. The van der Waals surface area contributed by atoms with E-state index in [1.165, 1.54) is 19.3 Å². The molecule has 1 N–H and O–H groups in total. The highest BCUT2D eigenvalue weighted by Crippen LogP contribution is 2.60. The summed E-state index contributed by atoms with van der Waals surface area (Å²) in [6.07, 6.45) is 6.15. The van der Waals surface area contributed by atoms with Crippen molar-refractivity contribution in [3.63, 3.8) is 0 Å². The van der Waals surface area contributed by atoms with E-state index in [0.717, 1.165) is 21.9 Å². The molecule has 3 aliphatic rings. The Morgan fingerprint density at radius 3 is 2.65 bits per heavy atom. The Hall–Kier alpha value is -0.600. The Bertz CT molecular complexity index is 547. The number of aliphatic hydroxyl groups is 1. The van der Waals surface area contributed by atoms with Crippen LogP contribution in [0, 0.1) is 29.6 Å². The van der Waals surface area contributed by atoms with Gasteiger partial charge in [0, 0.05) is 4.47 Å². The molecule has 1 nitrogen and oxygen atoms in total. The Morgan fingerprint density at radius 2 is 1.90 bits per heavy atom. The van der Waals surface area contributed by atoms with E-state index in [4.69, 9.17) is 0 Å². The van der Waals surface area contributed by atoms with Gasteiger partial charge in [0.25, 0.3) is 0 Å². The first-order chi connectivity index (χ1) is 9.63. The normalized spacial score (nSPS) is 39.8. The van der Waals surface area contributed by atoms with E-state index in [2.05, 4.69) is 41.1 Å². The zero-order chi connectivity index (χ0) is 13.9. The quantitative estimate of drug-likeness (QED) is 0.777. The second-order valence-electron chi connectivity index (χ2n) is 6.98. The van der Waals surface area contributed by atoms with Crippen molar-refractivity contribution in [3.05, 3.63) is 46.0 Å². The SMILES string of the molecule is CC1C=C2CC3CC(CC23)C1C(O)c1ccc(Br)cc1. The maximum Gasteiger partial charge on any atom is 0.0826 e. The Labute approximate surface area is 129 Å². The zero-order valence-corrected chi connectivity index (χ0v) is 13.4. The van der Waals surface area contributed by atoms with Crippen LogP contribution in [-0.2, 0) is 0 Å². The first-order valence-corrected chi connectivity index (χ1v) is 8.57. The molecule has 6 atom stereocenters. The summed E-state index contributed by atoms with van der Waals surface area (Å²) >= 11 is 3.47. The molecule has 2 saturated carbocycles. The van der Waals surface area contributed by atoms with Gasteiger partial charge < -0.3 is 5.11 Å². The molecule has 0 saturated heterocycles. The third kappa shape index (κ3) is 1.92. The van der Waals surface area contributed by atoms with Gasteiger partial charge in [-0.3, -0.25) is 0 Å². The summed E-state index contributed by atoms with van der Waals surface area (Å²) in [7, 11) is 0. The third-order valence-electron chi connectivity index (χ3n) is 5.91. The first kappa shape index (κ1) is 13.1. The minimum atomic E-state index is -0.323. The molecule has 106 valence electrons. The Morgan fingerprint density at radius 1 is 1.15 bits per heavy atom. The van der Waals surface area contributed by atoms with Crippen molar-refractivity contribution in [3.8, 4) is 0 Å². The van der Waals surface area contributed by atoms with Crippen LogP contribution in [0.3, 0.4) is 0 Å². The topological polar surface area (TPSA) is 20.2 Å². The van der Waals surface area contributed by atoms with Crippen LogP contribution in [0.4, 0.5) is 0 Å². The second-order valence-corrected chi connectivity index (χ2v) is 7.89. The van der Waals surface area contributed by atoms with Crippen LogP contribution in [0.1, 0.15) is 37.9 Å². The maximum atomic E-state index is 10.9. The van der Waals surface area contributed by atoms with Crippen LogP contribution in [-0.4, -0.2) is 5.11 Å². The molecule has 0 aliphatic heterocycles. The first-order valence-electron chi connectivity index (χ1n) is 7.77. The van der Waals surface area contributed by atoms with Gasteiger partial charge in [-0.2, -0.15) is 0 Å². The smallest absolute Gasteiger partial charge is 0.0826 e. The summed E-state index contributed by atoms with van der Waals surface area (Å²) in [5.74, 6) is 3.39. The Kier molecular flexibility index (Phi) is 3.08. The number of allylic oxidation sites excluding steroid dienone is 2. The van der Waals surface area contributed by atoms with Gasteiger partial charge in [0.05, 0.1) is 6.10 Å². The highest BCUT2D eigenvalue weighted by Gasteiger charge is 2.50. The molecule has 2 heteroatoms. The van der Waals surface area contributed by atoms with Crippen LogP contribution >= 0.6 is 15.9 Å². The molecule has 0 radical (unpaired) electrons. The van der Waals surface area contributed by atoms with Gasteiger partial charge in [0.15, 0.2) is 0 Å². The average molecular weight is 333 g/mol. The lowest BCUT2D eigenvalue weighted by molar-refractivity contribution is 0.0497. The monoisotopic (exact) mass is 332 g/mol. The number of rotatable bonds is 2. The van der Waals surface area contributed by atoms with Crippen molar-refractivity contribution in [1.29, 1.82) is 0 Å². The molecule has 20 heavy (non-hydrogen) atoms. The second kappa shape index (κ2) is 4.71. The molecular formula is C18H21BrO. The highest BCUT2D eigenvalue weighted by atomic mass is 79.9. The molecule has 1 aromatic carbocycles. The largest absolute Gasteiger partial charge is 0.388 e. The number of benzene rings is 1. The number of aliphatic hydroxyl groups excluding tert-OH is 1. The molecule has 0 heterocycles. The lowest BCUT2D eigenvalue weighted by Gasteiger charge is -2.38. The van der Waals surface area contributed by atoms with Crippen LogP contribution in [0.5, 0.6) is 0 Å². The molecule has 2 fully saturated rings. The molecule has 0 amide bonds. The van der Waals surface area contributed by atoms with E-state index in [-0.39, 0.29) is 6.10 Å². The fraction of sp³-hybridized carbons (Fsp3) is 0.556. The van der Waals surface area contributed by atoms with Gasteiger partial charge in [-0.25, -0.2) is 0 Å². The number of halogens is 1. The van der Waals surface area contributed by atoms with Crippen LogP contribution in [0.15, 0.2) is 40.4 Å². The van der Waals surface area contributed by atoms with E-state index < -0.39 is 0 Å². The predicted molar refractivity (Wildman–Crippen MR) is 84.2 cm³/mol. The molecule has 2 bridgehead atoms. The molecule has 1 aromatic rings. The van der Waals surface area contributed by atoms with E-state index in [1.54, 1.807) is 5.57 Å². The van der Waals surface area contributed by atoms with E-state index >= 15 is 0 Å². The van der Waals surface area contributed by atoms with E-state index in [0.29, 0.717) is 17.8 Å². The molecule has 6 unspecified atom stereocenters. The van der Waals surface area contributed by atoms with Crippen molar-refractivity contribution in [2.24, 2.45) is 29.6 Å². The molecule has 0 aromatic heterocycles. The summed E-state index contributed by atoms with van der Waals surface area (Å²) in [5.41, 5.74) is 2.76. The molecular weight excluding hydrogens is 312 g/mol. The van der Waals surface area contributed by atoms with Crippen LogP contribution in [0.2, 0.25) is 0 Å². The number of hydrogen-bond acceptors (Lipinski definition) is 1. The van der Waals surface area contributed by atoms with Crippen molar-refractivity contribution >= 4 is 15.9 Å². The van der Waals surface area contributed by atoms with Gasteiger partial charge >= 0.3 is 0 Å². The van der Waals surface area contributed by atoms with Crippen LogP contribution in [0.25, 0.3) is 0 Å². The van der Waals surface area contributed by atoms with E-state index in [9.17, 15) is 5.11 Å². The molecule has 4 rings (SSSR count). The summed E-state index contributed by atoms with van der Waals surface area (Å²) in [5, 5.41) is 10.9. The van der Waals surface area contributed by atoms with Gasteiger partial charge in [-0.05, 0) is 66.5 Å². The fourth-order valence-corrected chi connectivity index (χ4v) is 5.22. The van der Waals surface area contributed by atoms with Crippen molar-refractivity contribution in [1.82, 2.24) is 0 Å². The summed E-state index contributed by atoms with van der Waals surface area (Å²) < 4.78 is 1.08. The zero-order valence-electron chi connectivity index (χ0n) is 11.8. The highest BCUT2D eigenvalue weighted by molar-refractivity contribution is 9.10. The van der Waals surface area contributed by atoms with E-state index in [1.807, 2.05) is 12.1 Å². The standard InChI is InChI=1S/C18H21BrO/c1-10-6-12-7-13-8-14(9-16(12)13)17(10)18(20)11-2-4-15(19)5-3-11/h2-6,10,13-14,16-18,20H,7-9H2,1H3. The van der Waals surface area contributed by atoms with Crippen molar-refractivity contribution in [2.45, 2.75) is 32.3 Å². The van der Waals surface area contributed by atoms with Crippen molar-refractivity contribution in [2.75, 3.05) is 0 Å². The van der Waals surface area contributed by atoms with Crippen LogP contribution < -0.4 is 0 Å². The summed E-state index contributed by atoms with van der Waals surface area (Å²) in [6, 6.07) is 8.19. The number of fused-ring (bicyclic) bond motifs is 1. The maximum absolute atomic E-state index is 10.9. The van der Waals surface area contributed by atoms with Gasteiger partial charge in [0.2, 0.25) is 0 Å². The molecule has 0 spiro atoms. The Balaban J connectivity index is 1.65. The van der Waals surface area contributed by atoms with Gasteiger partial charge in [-0.1, -0.05) is 46.6 Å². The molecule has 3 aliphatic carbocycles. The third-order valence-corrected chi connectivity index (χ3v) is 6.44. The minimum absolute atomic E-state index is 0.323. The lowest BCUT2D eigenvalue weighted by Crippen LogP contribution is -2.29. The summed E-state index contributed by atoms with van der Waals surface area (Å²) in [6.45, 7) is 2.30. The predicted octanol–water partition coefficient (Wildman–Crippen LogP) is 4.72. The van der Waals surface area contributed by atoms with Gasteiger partial charge in [-0.15, -0.1) is 0 Å². The van der Waals surface area contributed by atoms with Gasteiger partial charge in [0.1, 0.15) is 0 Å².